The van der Waals surface area contributed by atoms with Crippen molar-refractivity contribution in [3.05, 3.63) is 17.2 Å². The second-order valence-electron chi connectivity index (χ2n) is 7.18. The molecule has 0 amide bonds. The molecular formula is C17H21NO6. The smallest absolute Gasteiger partial charge is 0.231 e. The zero-order valence-electron chi connectivity index (χ0n) is 13.5. The van der Waals surface area contributed by atoms with Gasteiger partial charge in [-0.2, -0.15) is 0 Å². The van der Waals surface area contributed by atoms with Crippen molar-refractivity contribution in [1.29, 1.82) is 0 Å². The van der Waals surface area contributed by atoms with E-state index in [0.29, 0.717) is 49.6 Å². The van der Waals surface area contributed by atoms with Crippen molar-refractivity contribution < 1.29 is 29.5 Å². The zero-order valence-corrected chi connectivity index (χ0v) is 13.5. The average molecular weight is 335 g/mol. The van der Waals surface area contributed by atoms with Crippen LogP contribution in [0, 0.1) is 0 Å². The number of benzene rings is 1. The number of rotatable bonds is 1. The molecule has 3 heterocycles. The van der Waals surface area contributed by atoms with E-state index in [1.165, 1.54) is 0 Å². The molecule has 3 N–H and O–H groups in total. The molecule has 2 fully saturated rings. The van der Waals surface area contributed by atoms with Gasteiger partial charge in [-0.15, -0.1) is 0 Å². The molecule has 5 atom stereocenters. The van der Waals surface area contributed by atoms with Crippen molar-refractivity contribution in [3.8, 4) is 17.2 Å². The molecular weight excluding hydrogens is 314 g/mol. The number of fused-ring (bicyclic) bond motifs is 2. The number of ether oxygens (including phenoxy) is 3. The molecule has 0 aromatic heterocycles. The van der Waals surface area contributed by atoms with Crippen molar-refractivity contribution in [1.82, 2.24) is 4.90 Å². The highest BCUT2D eigenvalue weighted by molar-refractivity contribution is 5.64. The van der Waals surface area contributed by atoms with Crippen LogP contribution in [0.4, 0.5) is 0 Å². The summed E-state index contributed by atoms with van der Waals surface area (Å²) in [7, 11) is 1.58. The molecule has 1 aliphatic carbocycles. The minimum absolute atomic E-state index is 0.126. The first-order valence-corrected chi connectivity index (χ1v) is 8.36. The van der Waals surface area contributed by atoms with E-state index >= 15 is 0 Å². The van der Waals surface area contributed by atoms with Gasteiger partial charge in [-0.3, -0.25) is 4.90 Å². The van der Waals surface area contributed by atoms with Crippen LogP contribution < -0.4 is 14.2 Å². The topological polar surface area (TPSA) is 91.6 Å². The first kappa shape index (κ1) is 14.8. The predicted molar refractivity (Wildman–Crippen MR) is 82.0 cm³/mol. The molecule has 0 radical (unpaired) electrons. The first-order valence-electron chi connectivity index (χ1n) is 8.36. The van der Waals surface area contributed by atoms with Crippen LogP contribution in [0.2, 0.25) is 0 Å². The van der Waals surface area contributed by atoms with Gasteiger partial charge in [0.25, 0.3) is 0 Å². The lowest BCUT2D eigenvalue weighted by Gasteiger charge is -2.56. The van der Waals surface area contributed by atoms with Gasteiger partial charge < -0.3 is 29.5 Å². The summed E-state index contributed by atoms with van der Waals surface area (Å²) >= 11 is 0. The number of hydrogen-bond donors (Lipinski definition) is 3. The molecule has 1 aromatic carbocycles. The SMILES string of the molecule is COc1c2c(cc3c1OCO3)C13CCN(C2)C1(O)CCC(O)C3O. The van der Waals surface area contributed by atoms with E-state index in [-0.39, 0.29) is 6.79 Å². The van der Waals surface area contributed by atoms with Gasteiger partial charge in [-0.1, -0.05) is 0 Å². The lowest BCUT2D eigenvalue weighted by Crippen LogP contribution is -2.68. The highest BCUT2D eigenvalue weighted by atomic mass is 16.7. The van der Waals surface area contributed by atoms with E-state index in [9.17, 15) is 15.3 Å². The quantitative estimate of drug-likeness (QED) is 0.670. The molecule has 5 rings (SSSR count). The maximum Gasteiger partial charge on any atom is 0.231 e. The normalized spacial score (nSPS) is 41.8. The molecule has 4 aliphatic rings. The summed E-state index contributed by atoms with van der Waals surface area (Å²) in [6, 6.07) is 1.86. The summed E-state index contributed by atoms with van der Waals surface area (Å²) in [5.74, 6) is 1.74. The molecule has 0 spiro atoms. The largest absolute Gasteiger partial charge is 0.492 e. The summed E-state index contributed by atoms with van der Waals surface area (Å²) < 4.78 is 16.7. The van der Waals surface area contributed by atoms with Gasteiger partial charge in [0, 0.05) is 18.7 Å². The van der Waals surface area contributed by atoms with Gasteiger partial charge in [-0.05, 0) is 30.9 Å². The Hall–Kier alpha value is -1.54. The van der Waals surface area contributed by atoms with Crippen LogP contribution in [0.25, 0.3) is 0 Å². The van der Waals surface area contributed by atoms with Crippen LogP contribution >= 0.6 is 0 Å². The Morgan fingerprint density at radius 2 is 2.12 bits per heavy atom. The molecule has 2 bridgehead atoms. The van der Waals surface area contributed by atoms with Gasteiger partial charge in [-0.25, -0.2) is 0 Å². The predicted octanol–water partition coefficient (Wildman–Crippen LogP) is 0.0852. The summed E-state index contributed by atoms with van der Waals surface area (Å²) in [5, 5.41) is 32.7. The van der Waals surface area contributed by atoms with Crippen molar-refractivity contribution >= 4 is 0 Å². The van der Waals surface area contributed by atoms with Gasteiger partial charge in [0.15, 0.2) is 11.5 Å². The van der Waals surface area contributed by atoms with Crippen LogP contribution in [-0.2, 0) is 12.0 Å². The van der Waals surface area contributed by atoms with E-state index in [2.05, 4.69) is 0 Å². The van der Waals surface area contributed by atoms with E-state index in [4.69, 9.17) is 14.2 Å². The monoisotopic (exact) mass is 335 g/mol. The lowest BCUT2D eigenvalue weighted by molar-refractivity contribution is -0.214. The third-order valence-corrected chi connectivity index (χ3v) is 6.43. The molecule has 1 aromatic rings. The number of nitrogens with zero attached hydrogens (tertiary/aromatic N) is 1. The van der Waals surface area contributed by atoms with Crippen LogP contribution in [-0.4, -0.2) is 58.6 Å². The molecule has 7 nitrogen and oxygen atoms in total. The third-order valence-electron chi connectivity index (χ3n) is 6.43. The van der Waals surface area contributed by atoms with Crippen molar-refractivity contribution in [2.24, 2.45) is 0 Å². The van der Waals surface area contributed by atoms with Crippen molar-refractivity contribution in [2.75, 3.05) is 20.4 Å². The van der Waals surface area contributed by atoms with E-state index < -0.39 is 23.3 Å². The van der Waals surface area contributed by atoms with Gasteiger partial charge in [0.05, 0.1) is 24.7 Å². The van der Waals surface area contributed by atoms with Gasteiger partial charge in [0.1, 0.15) is 5.72 Å². The second-order valence-corrected chi connectivity index (χ2v) is 7.18. The van der Waals surface area contributed by atoms with Crippen LogP contribution in [0.3, 0.4) is 0 Å². The number of methoxy groups -OCH3 is 1. The maximum atomic E-state index is 11.5. The van der Waals surface area contributed by atoms with E-state index in [1.807, 2.05) is 11.0 Å². The fourth-order valence-electron chi connectivity index (χ4n) is 5.31. The molecule has 3 aliphatic heterocycles. The van der Waals surface area contributed by atoms with Gasteiger partial charge in [0.2, 0.25) is 12.5 Å². The van der Waals surface area contributed by atoms with Crippen molar-refractivity contribution in [2.45, 2.75) is 49.2 Å². The Kier molecular flexibility index (Phi) is 2.80. The van der Waals surface area contributed by atoms with Crippen molar-refractivity contribution in [3.63, 3.8) is 0 Å². The summed E-state index contributed by atoms with van der Waals surface area (Å²) in [4.78, 5) is 2.00. The molecule has 5 unspecified atom stereocenters. The molecule has 130 valence electrons. The first-order chi connectivity index (χ1) is 11.5. The fraction of sp³-hybridized carbons (Fsp3) is 0.647. The van der Waals surface area contributed by atoms with E-state index in [0.717, 1.165) is 11.1 Å². The van der Waals surface area contributed by atoms with Crippen LogP contribution in [0.5, 0.6) is 17.2 Å². The summed E-state index contributed by atoms with van der Waals surface area (Å²) in [6.07, 6.45) is -0.496. The third kappa shape index (κ3) is 1.44. The van der Waals surface area contributed by atoms with E-state index in [1.54, 1.807) is 7.11 Å². The molecule has 1 saturated heterocycles. The zero-order chi connectivity index (χ0) is 16.7. The molecule has 7 heteroatoms. The Morgan fingerprint density at radius 3 is 2.92 bits per heavy atom. The highest BCUT2D eigenvalue weighted by Gasteiger charge is 2.69. The minimum Gasteiger partial charge on any atom is -0.492 e. The fourth-order valence-corrected chi connectivity index (χ4v) is 5.31. The number of aliphatic hydroxyl groups is 3. The second kappa shape index (κ2) is 4.54. The summed E-state index contributed by atoms with van der Waals surface area (Å²) in [6.45, 7) is 1.31. The Morgan fingerprint density at radius 1 is 1.29 bits per heavy atom. The van der Waals surface area contributed by atoms with Crippen LogP contribution in [0.15, 0.2) is 6.07 Å². The molecule has 1 saturated carbocycles. The lowest BCUT2D eigenvalue weighted by atomic mass is 9.59. The standard InChI is InChI=1S/C17H21NO6/c1-22-13-9-7-18-5-4-16(10(9)6-12-14(13)24-8-23-12)15(20)11(19)2-3-17(16,18)21/h6,11,15,19-21H,2-5,7-8H2,1H3. The number of aliphatic hydroxyl groups excluding tert-OH is 2. The van der Waals surface area contributed by atoms with Gasteiger partial charge >= 0.3 is 0 Å². The highest BCUT2D eigenvalue weighted by Crippen LogP contribution is 2.62. The Balaban J connectivity index is 1.81. The maximum absolute atomic E-state index is 11.5. The minimum atomic E-state index is -1.16. The summed E-state index contributed by atoms with van der Waals surface area (Å²) in [5.41, 5.74) is -0.382. The van der Waals surface area contributed by atoms with Crippen LogP contribution in [0.1, 0.15) is 30.4 Å². The Bertz CT molecular complexity index is 724. The molecule has 24 heavy (non-hydrogen) atoms. The Labute approximate surface area is 139 Å². The average Bonchev–Trinajstić information content (AvgIpc) is 3.10. The number of hydrogen-bond acceptors (Lipinski definition) is 7.